The predicted molar refractivity (Wildman–Crippen MR) is 129 cm³/mol. The lowest BCUT2D eigenvalue weighted by Crippen LogP contribution is -2.38. The number of ether oxygens (including phenoxy) is 1. The van der Waals surface area contributed by atoms with Gasteiger partial charge in [0.15, 0.2) is 11.0 Å². The molecule has 4 rings (SSSR count). The molecule has 0 aliphatic carbocycles. The number of amides is 1. The van der Waals surface area contributed by atoms with Crippen molar-refractivity contribution in [3.8, 4) is 11.4 Å². The molecular weight excluding hydrogens is 438 g/mol. The van der Waals surface area contributed by atoms with Crippen molar-refractivity contribution in [2.45, 2.75) is 37.6 Å². The molecule has 0 N–H and O–H groups in total. The van der Waals surface area contributed by atoms with E-state index in [1.807, 2.05) is 43.6 Å². The Bertz CT molecular complexity index is 1070. The van der Waals surface area contributed by atoms with Crippen LogP contribution in [0.1, 0.15) is 24.2 Å². The molecule has 0 spiro atoms. The average molecular weight is 470 g/mol. The molecule has 0 saturated carbocycles. The van der Waals surface area contributed by atoms with Gasteiger partial charge in [0, 0.05) is 46.5 Å². The Balaban J connectivity index is 1.43. The van der Waals surface area contributed by atoms with Gasteiger partial charge in [0.25, 0.3) is 0 Å². The normalized spacial score (nSPS) is 15.7. The number of anilines is 1. The van der Waals surface area contributed by atoms with Crippen LogP contribution in [0.15, 0.2) is 46.2 Å². The van der Waals surface area contributed by atoms with Crippen molar-refractivity contribution in [2.24, 2.45) is 7.05 Å². The highest BCUT2D eigenvalue weighted by atomic mass is 32.2. The van der Waals surface area contributed by atoms with E-state index in [1.165, 1.54) is 11.8 Å². The van der Waals surface area contributed by atoms with Gasteiger partial charge in [-0.05, 0) is 43.5 Å². The lowest BCUT2D eigenvalue weighted by atomic mass is 10.1. The lowest BCUT2D eigenvalue weighted by molar-refractivity contribution is -0.130. The molecule has 1 saturated heterocycles. The van der Waals surface area contributed by atoms with Crippen LogP contribution in [0.3, 0.4) is 0 Å². The van der Waals surface area contributed by atoms with Gasteiger partial charge in [-0.1, -0.05) is 23.9 Å². The molecule has 1 fully saturated rings. The molecule has 8 nitrogen and oxygen atoms in total. The third-order valence-electron chi connectivity index (χ3n) is 5.89. The Labute approximate surface area is 198 Å². The summed E-state index contributed by atoms with van der Waals surface area (Å²) in [5.74, 6) is 1.88. The van der Waals surface area contributed by atoms with Crippen molar-refractivity contribution in [1.29, 1.82) is 0 Å². The maximum absolute atomic E-state index is 13.3. The zero-order valence-electron chi connectivity index (χ0n) is 19.7. The summed E-state index contributed by atoms with van der Waals surface area (Å²) in [6.45, 7) is 3.83. The molecule has 1 atom stereocenters. The molecule has 1 aliphatic heterocycles. The van der Waals surface area contributed by atoms with Crippen molar-refractivity contribution in [3.63, 3.8) is 0 Å². The number of hydrogen-bond donors (Lipinski definition) is 0. The van der Waals surface area contributed by atoms with E-state index in [-0.39, 0.29) is 12.0 Å². The minimum absolute atomic E-state index is 0.0660. The standard InChI is InChI=1S/C24H31N5O3S/c1-17-21(11-13-31-17)23-25-26-24(28(23)4)33-16-22(30)29(15-20-6-5-12-32-20)14-18-7-9-19(10-8-18)27(2)3/h7-11,13,20H,5-6,12,14-16H2,1-4H3/t20-/m0/s1. The molecule has 2 aromatic heterocycles. The van der Waals surface area contributed by atoms with Crippen LogP contribution in [-0.4, -0.2) is 64.7 Å². The van der Waals surface area contributed by atoms with Gasteiger partial charge in [0.2, 0.25) is 5.91 Å². The molecule has 9 heteroatoms. The molecule has 0 bridgehead atoms. The first-order valence-corrected chi connectivity index (χ1v) is 12.1. The summed E-state index contributed by atoms with van der Waals surface area (Å²) >= 11 is 1.40. The lowest BCUT2D eigenvalue weighted by Gasteiger charge is -2.26. The molecular formula is C24H31N5O3S. The van der Waals surface area contributed by atoms with E-state index < -0.39 is 0 Å². The van der Waals surface area contributed by atoms with Crippen LogP contribution in [0.4, 0.5) is 5.69 Å². The number of hydrogen-bond acceptors (Lipinski definition) is 7. The summed E-state index contributed by atoms with van der Waals surface area (Å²) < 4.78 is 13.1. The molecule has 33 heavy (non-hydrogen) atoms. The smallest absolute Gasteiger partial charge is 0.233 e. The van der Waals surface area contributed by atoms with Crippen molar-refractivity contribution < 1.29 is 13.9 Å². The van der Waals surface area contributed by atoms with Crippen molar-refractivity contribution in [2.75, 3.05) is 37.9 Å². The van der Waals surface area contributed by atoms with Gasteiger partial charge in [-0.15, -0.1) is 10.2 Å². The van der Waals surface area contributed by atoms with Crippen LogP contribution in [0.2, 0.25) is 0 Å². The maximum atomic E-state index is 13.3. The van der Waals surface area contributed by atoms with Crippen molar-refractivity contribution >= 4 is 23.4 Å². The molecule has 176 valence electrons. The van der Waals surface area contributed by atoms with Crippen LogP contribution in [0.5, 0.6) is 0 Å². The fourth-order valence-electron chi connectivity index (χ4n) is 3.92. The molecule has 0 unspecified atom stereocenters. The summed E-state index contributed by atoms with van der Waals surface area (Å²) in [4.78, 5) is 17.2. The van der Waals surface area contributed by atoms with Gasteiger partial charge < -0.3 is 23.5 Å². The van der Waals surface area contributed by atoms with Crippen LogP contribution in [0.25, 0.3) is 11.4 Å². The van der Waals surface area contributed by atoms with E-state index in [1.54, 1.807) is 6.26 Å². The highest BCUT2D eigenvalue weighted by Crippen LogP contribution is 2.26. The fraction of sp³-hybridized carbons (Fsp3) is 0.458. The second kappa shape index (κ2) is 10.4. The first-order valence-electron chi connectivity index (χ1n) is 11.1. The van der Waals surface area contributed by atoms with Gasteiger partial charge in [-0.3, -0.25) is 4.79 Å². The molecule has 1 aliphatic rings. The van der Waals surface area contributed by atoms with Gasteiger partial charge in [-0.25, -0.2) is 0 Å². The van der Waals surface area contributed by atoms with Crippen LogP contribution in [0, 0.1) is 6.92 Å². The first kappa shape index (κ1) is 23.4. The zero-order chi connectivity index (χ0) is 23.4. The zero-order valence-corrected chi connectivity index (χ0v) is 20.5. The van der Waals surface area contributed by atoms with E-state index in [4.69, 9.17) is 9.15 Å². The predicted octanol–water partition coefficient (Wildman–Crippen LogP) is 3.75. The molecule has 1 amide bonds. The van der Waals surface area contributed by atoms with Crippen molar-refractivity contribution in [1.82, 2.24) is 19.7 Å². The molecule has 0 radical (unpaired) electrons. The van der Waals surface area contributed by atoms with Gasteiger partial charge in [0.05, 0.1) is 23.7 Å². The number of carbonyl (C=O) groups excluding carboxylic acids is 1. The van der Waals surface area contributed by atoms with E-state index in [0.29, 0.717) is 24.0 Å². The minimum Gasteiger partial charge on any atom is -0.469 e. The SMILES string of the molecule is Cc1occc1-c1nnc(SCC(=O)N(Cc2ccc(N(C)C)cc2)C[C@@H]2CCCO2)n1C. The maximum Gasteiger partial charge on any atom is 0.233 e. The van der Waals surface area contributed by atoms with Gasteiger partial charge in [-0.2, -0.15) is 0 Å². The minimum atomic E-state index is 0.0660. The van der Waals surface area contributed by atoms with E-state index in [0.717, 1.165) is 47.8 Å². The fourth-order valence-corrected chi connectivity index (χ4v) is 4.73. The Morgan fingerprint density at radius 2 is 2.00 bits per heavy atom. The second-order valence-electron chi connectivity index (χ2n) is 8.51. The Morgan fingerprint density at radius 3 is 2.64 bits per heavy atom. The van der Waals surface area contributed by atoms with E-state index >= 15 is 0 Å². The number of aromatic nitrogens is 3. The molecule has 3 aromatic rings. The highest BCUT2D eigenvalue weighted by Gasteiger charge is 2.24. The number of nitrogens with zero attached hydrogens (tertiary/aromatic N) is 5. The monoisotopic (exact) mass is 469 g/mol. The largest absolute Gasteiger partial charge is 0.469 e. The second-order valence-corrected chi connectivity index (χ2v) is 9.46. The summed E-state index contributed by atoms with van der Waals surface area (Å²) in [6.07, 6.45) is 3.79. The van der Waals surface area contributed by atoms with Gasteiger partial charge >= 0.3 is 0 Å². The number of thioether (sulfide) groups is 1. The van der Waals surface area contributed by atoms with Gasteiger partial charge in [0.1, 0.15) is 5.76 Å². The number of aryl methyl sites for hydroxylation is 1. The molecule has 1 aromatic carbocycles. The number of furan rings is 1. The molecule has 3 heterocycles. The summed E-state index contributed by atoms with van der Waals surface area (Å²) in [6, 6.07) is 10.2. The van der Waals surface area contributed by atoms with Crippen LogP contribution in [-0.2, 0) is 23.1 Å². The third-order valence-corrected chi connectivity index (χ3v) is 6.89. The van der Waals surface area contributed by atoms with Crippen molar-refractivity contribution in [3.05, 3.63) is 47.9 Å². The summed E-state index contributed by atoms with van der Waals surface area (Å²) in [5.41, 5.74) is 3.15. The number of benzene rings is 1. The summed E-state index contributed by atoms with van der Waals surface area (Å²) in [5, 5.41) is 9.29. The first-order chi connectivity index (χ1) is 15.9. The topological polar surface area (TPSA) is 76.6 Å². The Morgan fingerprint density at radius 1 is 1.21 bits per heavy atom. The van der Waals surface area contributed by atoms with E-state index in [9.17, 15) is 4.79 Å². The highest BCUT2D eigenvalue weighted by molar-refractivity contribution is 7.99. The number of rotatable bonds is 9. The quantitative estimate of drug-likeness (QED) is 0.442. The van der Waals surface area contributed by atoms with Crippen LogP contribution < -0.4 is 4.90 Å². The van der Waals surface area contributed by atoms with E-state index in [2.05, 4.69) is 39.4 Å². The summed E-state index contributed by atoms with van der Waals surface area (Å²) in [7, 11) is 5.95. The average Bonchev–Trinajstić information content (AvgIpc) is 3.54. The Hall–Kier alpha value is -2.78. The number of carbonyl (C=O) groups is 1. The Kier molecular flexibility index (Phi) is 7.39. The third kappa shape index (κ3) is 5.59. The van der Waals surface area contributed by atoms with Crippen LogP contribution >= 0.6 is 11.8 Å².